The molecule has 1 amide bonds. The molecule has 0 aliphatic carbocycles. The molecule has 0 fully saturated rings. The first-order valence-corrected chi connectivity index (χ1v) is 6.76. The van der Waals surface area contributed by atoms with Crippen molar-refractivity contribution in [2.45, 2.75) is 26.3 Å². The second-order valence-corrected chi connectivity index (χ2v) is 5.38. The van der Waals surface area contributed by atoms with Crippen molar-refractivity contribution in [2.75, 3.05) is 20.3 Å². The van der Waals surface area contributed by atoms with Gasteiger partial charge in [0.15, 0.2) is 11.5 Å². The molecule has 0 heterocycles. The number of nitro benzene ring substituents is 1. The lowest BCUT2D eigenvalue weighted by Crippen LogP contribution is -2.45. The minimum Gasteiger partial charge on any atom is -0.493 e. The zero-order chi connectivity index (χ0) is 16.9. The van der Waals surface area contributed by atoms with Crippen LogP contribution in [0, 0.1) is 10.1 Å². The molecule has 0 saturated carbocycles. The van der Waals surface area contributed by atoms with E-state index in [9.17, 15) is 14.9 Å². The Morgan fingerprint density at radius 2 is 2.05 bits per heavy atom. The highest BCUT2D eigenvalue weighted by Crippen LogP contribution is 2.34. The van der Waals surface area contributed by atoms with Crippen LogP contribution in [0.3, 0.4) is 0 Å². The van der Waals surface area contributed by atoms with Gasteiger partial charge in [-0.1, -0.05) is 0 Å². The van der Waals surface area contributed by atoms with Crippen molar-refractivity contribution in [2.24, 2.45) is 5.73 Å². The lowest BCUT2D eigenvalue weighted by molar-refractivity contribution is -0.385. The first kappa shape index (κ1) is 17.7. The number of carbonyl (C=O) groups excluding carboxylic acids is 1. The highest BCUT2D eigenvalue weighted by molar-refractivity contribution is 5.99. The molecule has 1 aromatic rings. The van der Waals surface area contributed by atoms with Crippen LogP contribution < -0.4 is 20.5 Å². The van der Waals surface area contributed by atoms with Crippen molar-refractivity contribution in [1.29, 1.82) is 0 Å². The van der Waals surface area contributed by atoms with E-state index in [4.69, 9.17) is 15.2 Å². The van der Waals surface area contributed by atoms with Crippen LogP contribution in [0.5, 0.6) is 11.5 Å². The van der Waals surface area contributed by atoms with Crippen molar-refractivity contribution in [3.05, 3.63) is 27.8 Å². The third-order valence-corrected chi connectivity index (χ3v) is 2.73. The number of nitrogens with one attached hydrogen (secondary N) is 1. The Balaban J connectivity index is 3.22. The summed E-state index contributed by atoms with van der Waals surface area (Å²) in [6, 6.07) is 2.48. The molecule has 0 spiro atoms. The maximum Gasteiger partial charge on any atom is 0.286 e. The fourth-order valence-corrected chi connectivity index (χ4v) is 1.71. The number of hydrogen-bond donors (Lipinski definition) is 2. The SMILES string of the molecule is CCOc1cc(C(=O)NCC(C)(C)N)c([N+](=O)[O-])cc1OC. The van der Waals surface area contributed by atoms with Gasteiger partial charge in [-0.25, -0.2) is 0 Å². The van der Waals surface area contributed by atoms with Gasteiger partial charge in [0.05, 0.1) is 24.7 Å². The van der Waals surface area contributed by atoms with Gasteiger partial charge < -0.3 is 20.5 Å². The van der Waals surface area contributed by atoms with Gasteiger partial charge in [0, 0.05) is 18.2 Å². The van der Waals surface area contributed by atoms with E-state index in [0.29, 0.717) is 6.61 Å². The number of ether oxygens (including phenoxy) is 2. The van der Waals surface area contributed by atoms with Crippen LogP contribution in [-0.2, 0) is 0 Å². The third-order valence-electron chi connectivity index (χ3n) is 2.73. The normalized spacial score (nSPS) is 11.0. The molecule has 1 rings (SSSR count). The molecule has 0 aliphatic rings. The summed E-state index contributed by atoms with van der Waals surface area (Å²) >= 11 is 0. The Kier molecular flexibility index (Phi) is 5.69. The number of methoxy groups -OCH3 is 1. The average molecular weight is 311 g/mol. The minimum absolute atomic E-state index is 0.0986. The molecule has 0 atom stereocenters. The molecule has 8 heteroatoms. The van der Waals surface area contributed by atoms with Crippen LogP contribution in [-0.4, -0.2) is 36.6 Å². The van der Waals surface area contributed by atoms with Crippen LogP contribution in [0.15, 0.2) is 12.1 Å². The highest BCUT2D eigenvalue weighted by atomic mass is 16.6. The molecule has 8 nitrogen and oxygen atoms in total. The molecule has 0 aromatic heterocycles. The zero-order valence-electron chi connectivity index (χ0n) is 13.1. The van der Waals surface area contributed by atoms with Crippen LogP contribution in [0.25, 0.3) is 0 Å². The van der Waals surface area contributed by atoms with Crippen LogP contribution in [0.4, 0.5) is 5.69 Å². The van der Waals surface area contributed by atoms with Crippen molar-refractivity contribution in [3.8, 4) is 11.5 Å². The highest BCUT2D eigenvalue weighted by Gasteiger charge is 2.25. The quantitative estimate of drug-likeness (QED) is 0.581. The van der Waals surface area contributed by atoms with E-state index in [0.717, 1.165) is 0 Å². The van der Waals surface area contributed by atoms with Crippen LogP contribution in [0.1, 0.15) is 31.1 Å². The Bertz CT molecular complexity index is 566. The van der Waals surface area contributed by atoms with Gasteiger partial charge in [-0.3, -0.25) is 14.9 Å². The summed E-state index contributed by atoms with van der Waals surface area (Å²) in [7, 11) is 1.37. The van der Waals surface area contributed by atoms with E-state index >= 15 is 0 Å². The predicted octanol–water partition coefficient (Wildman–Crippen LogP) is 1.47. The van der Waals surface area contributed by atoms with Gasteiger partial charge >= 0.3 is 0 Å². The Morgan fingerprint density at radius 1 is 1.41 bits per heavy atom. The van der Waals surface area contributed by atoms with Gasteiger partial charge in [-0.2, -0.15) is 0 Å². The van der Waals surface area contributed by atoms with E-state index in [1.54, 1.807) is 20.8 Å². The number of nitro groups is 1. The monoisotopic (exact) mass is 311 g/mol. The smallest absolute Gasteiger partial charge is 0.286 e. The largest absolute Gasteiger partial charge is 0.493 e. The van der Waals surface area contributed by atoms with E-state index in [2.05, 4.69) is 5.32 Å². The Morgan fingerprint density at radius 3 is 2.50 bits per heavy atom. The summed E-state index contributed by atoms with van der Waals surface area (Å²) in [6.45, 7) is 5.75. The molecule has 0 saturated heterocycles. The number of benzene rings is 1. The molecule has 0 bridgehead atoms. The van der Waals surface area contributed by atoms with Crippen molar-refractivity contribution in [3.63, 3.8) is 0 Å². The molecule has 122 valence electrons. The van der Waals surface area contributed by atoms with E-state index < -0.39 is 16.4 Å². The standard InChI is InChI=1S/C14H21N3O5/c1-5-22-12-6-9(13(18)16-8-14(2,3)15)10(17(19)20)7-11(12)21-4/h6-7H,5,8,15H2,1-4H3,(H,16,18). The van der Waals surface area contributed by atoms with Crippen molar-refractivity contribution >= 4 is 11.6 Å². The van der Waals surface area contributed by atoms with Gasteiger partial charge in [0.2, 0.25) is 0 Å². The zero-order valence-corrected chi connectivity index (χ0v) is 13.1. The Labute approximate surface area is 128 Å². The predicted molar refractivity (Wildman–Crippen MR) is 81.4 cm³/mol. The van der Waals surface area contributed by atoms with Crippen LogP contribution in [0.2, 0.25) is 0 Å². The number of nitrogens with two attached hydrogens (primary N) is 1. The van der Waals surface area contributed by atoms with Gasteiger partial charge in [0.1, 0.15) is 5.56 Å². The summed E-state index contributed by atoms with van der Waals surface area (Å²) < 4.78 is 10.4. The van der Waals surface area contributed by atoms with Crippen molar-refractivity contribution in [1.82, 2.24) is 5.32 Å². The molecule has 1 aromatic carbocycles. The fourth-order valence-electron chi connectivity index (χ4n) is 1.71. The summed E-state index contributed by atoms with van der Waals surface area (Å²) in [4.78, 5) is 22.7. The number of carbonyl (C=O) groups is 1. The van der Waals surface area contributed by atoms with E-state index in [1.807, 2.05) is 0 Å². The topological polar surface area (TPSA) is 117 Å². The summed E-state index contributed by atoms with van der Waals surface area (Å²) in [5, 5.41) is 13.7. The first-order chi connectivity index (χ1) is 10.2. The maximum atomic E-state index is 12.2. The first-order valence-electron chi connectivity index (χ1n) is 6.76. The molecule has 0 unspecified atom stereocenters. The number of amides is 1. The summed E-state index contributed by atoms with van der Waals surface area (Å²) in [6.07, 6.45) is 0. The minimum atomic E-state index is -0.638. The van der Waals surface area contributed by atoms with E-state index in [-0.39, 0.29) is 29.3 Å². The second kappa shape index (κ2) is 7.08. The number of rotatable bonds is 7. The summed E-state index contributed by atoms with van der Waals surface area (Å²) in [5.74, 6) is -0.120. The molecule has 0 aliphatic heterocycles. The van der Waals surface area contributed by atoms with Gasteiger partial charge in [-0.15, -0.1) is 0 Å². The molecular weight excluding hydrogens is 290 g/mol. The van der Waals surface area contributed by atoms with Crippen molar-refractivity contribution < 1.29 is 19.2 Å². The van der Waals surface area contributed by atoms with Gasteiger partial charge in [0.25, 0.3) is 11.6 Å². The average Bonchev–Trinajstić information content (AvgIpc) is 2.43. The number of hydrogen-bond acceptors (Lipinski definition) is 6. The lowest BCUT2D eigenvalue weighted by Gasteiger charge is -2.19. The second-order valence-electron chi connectivity index (χ2n) is 5.38. The maximum absolute atomic E-state index is 12.2. The molecule has 22 heavy (non-hydrogen) atoms. The summed E-state index contributed by atoms with van der Waals surface area (Å²) in [5.41, 5.74) is 4.71. The Hall–Kier alpha value is -2.35. The molecular formula is C14H21N3O5. The van der Waals surface area contributed by atoms with Crippen LogP contribution >= 0.6 is 0 Å². The molecule has 0 radical (unpaired) electrons. The fraction of sp³-hybridized carbons (Fsp3) is 0.500. The van der Waals surface area contributed by atoms with Gasteiger partial charge in [-0.05, 0) is 20.8 Å². The van der Waals surface area contributed by atoms with E-state index in [1.165, 1.54) is 19.2 Å². The number of nitrogens with zero attached hydrogens (tertiary/aromatic N) is 1. The molecule has 3 N–H and O–H groups in total. The third kappa shape index (κ3) is 4.59. The lowest BCUT2D eigenvalue weighted by atomic mass is 10.1.